The number of aromatic carboxylic acids is 1. The standard InChI is InChI=1S/C11H8F3NO4/c12-11(13,14)5-18-4-9-15-7-3-6(10(16)17)1-2-8(7)19-9/h1-3H,4-5H2,(H,16,17). The molecule has 0 aliphatic carbocycles. The van der Waals surface area contributed by atoms with Crippen LogP contribution in [0.4, 0.5) is 13.2 Å². The number of rotatable bonds is 4. The van der Waals surface area contributed by atoms with Gasteiger partial charge in [-0.1, -0.05) is 0 Å². The second-order valence-electron chi connectivity index (χ2n) is 3.70. The summed E-state index contributed by atoms with van der Waals surface area (Å²) in [5.41, 5.74) is 0.560. The van der Waals surface area contributed by atoms with Crippen molar-refractivity contribution in [2.24, 2.45) is 0 Å². The molecule has 0 bridgehead atoms. The fourth-order valence-electron chi connectivity index (χ4n) is 1.42. The maximum Gasteiger partial charge on any atom is 0.411 e. The van der Waals surface area contributed by atoms with Crippen molar-refractivity contribution in [3.05, 3.63) is 29.7 Å². The van der Waals surface area contributed by atoms with Gasteiger partial charge in [-0.05, 0) is 18.2 Å². The van der Waals surface area contributed by atoms with Crippen LogP contribution in [0.15, 0.2) is 22.6 Å². The van der Waals surface area contributed by atoms with Crippen LogP contribution in [0.5, 0.6) is 0 Å². The van der Waals surface area contributed by atoms with E-state index in [1.807, 2.05) is 0 Å². The lowest BCUT2D eigenvalue weighted by molar-refractivity contribution is -0.177. The van der Waals surface area contributed by atoms with Crippen molar-refractivity contribution in [3.63, 3.8) is 0 Å². The SMILES string of the molecule is O=C(O)c1ccc2oc(COCC(F)(F)F)nc2c1. The van der Waals surface area contributed by atoms with E-state index >= 15 is 0 Å². The Hall–Kier alpha value is -2.09. The summed E-state index contributed by atoms with van der Waals surface area (Å²) in [4.78, 5) is 14.6. The van der Waals surface area contributed by atoms with Crippen LogP contribution >= 0.6 is 0 Å². The smallest absolute Gasteiger partial charge is 0.411 e. The molecule has 0 saturated carbocycles. The van der Waals surface area contributed by atoms with E-state index < -0.39 is 25.4 Å². The lowest BCUT2D eigenvalue weighted by Gasteiger charge is -2.04. The highest BCUT2D eigenvalue weighted by Gasteiger charge is 2.27. The van der Waals surface area contributed by atoms with E-state index in [0.717, 1.165) is 0 Å². The van der Waals surface area contributed by atoms with Gasteiger partial charge >= 0.3 is 12.1 Å². The Morgan fingerprint density at radius 2 is 2.16 bits per heavy atom. The third-order valence-corrected chi connectivity index (χ3v) is 2.17. The Balaban J connectivity index is 2.11. The van der Waals surface area contributed by atoms with Gasteiger partial charge in [0.25, 0.3) is 0 Å². The third kappa shape index (κ3) is 3.44. The Labute approximate surface area is 104 Å². The van der Waals surface area contributed by atoms with Gasteiger partial charge in [0.05, 0.1) is 5.56 Å². The van der Waals surface area contributed by atoms with Crippen molar-refractivity contribution < 1.29 is 32.2 Å². The fourth-order valence-corrected chi connectivity index (χ4v) is 1.42. The third-order valence-electron chi connectivity index (χ3n) is 2.17. The van der Waals surface area contributed by atoms with Crippen LogP contribution in [0, 0.1) is 0 Å². The summed E-state index contributed by atoms with van der Waals surface area (Å²) in [6.07, 6.45) is -4.41. The van der Waals surface area contributed by atoms with Gasteiger partial charge in [0.1, 0.15) is 18.7 Å². The van der Waals surface area contributed by atoms with Crippen molar-refractivity contribution in [1.82, 2.24) is 4.98 Å². The highest BCUT2D eigenvalue weighted by atomic mass is 19.4. The molecule has 0 unspecified atom stereocenters. The first-order valence-electron chi connectivity index (χ1n) is 5.12. The van der Waals surface area contributed by atoms with Crippen molar-refractivity contribution in [2.45, 2.75) is 12.8 Å². The molecule has 0 amide bonds. The van der Waals surface area contributed by atoms with Crippen LogP contribution in [-0.4, -0.2) is 28.8 Å². The van der Waals surface area contributed by atoms with E-state index in [0.29, 0.717) is 0 Å². The van der Waals surface area contributed by atoms with E-state index in [9.17, 15) is 18.0 Å². The minimum absolute atomic E-state index is 0.0172. The van der Waals surface area contributed by atoms with Gasteiger partial charge in [0.15, 0.2) is 5.58 Å². The molecule has 2 rings (SSSR count). The van der Waals surface area contributed by atoms with Crippen LogP contribution < -0.4 is 0 Å². The molecule has 0 radical (unpaired) electrons. The number of fused-ring (bicyclic) bond motifs is 1. The minimum atomic E-state index is -4.41. The zero-order valence-corrected chi connectivity index (χ0v) is 9.40. The molecule has 0 spiro atoms. The number of carboxylic acids is 1. The molecule has 2 aromatic rings. The molecular formula is C11H8F3NO4. The largest absolute Gasteiger partial charge is 0.478 e. The van der Waals surface area contributed by atoms with E-state index in [4.69, 9.17) is 9.52 Å². The minimum Gasteiger partial charge on any atom is -0.478 e. The van der Waals surface area contributed by atoms with Crippen molar-refractivity contribution in [1.29, 1.82) is 0 Å². The van der Waals surface area contributed by atoms with E-state index in [1.54, 1.807) is 0 Å². The summed E-state index contributed by atoms with van der Waals surface area (Å²) in [5.74, 6) is -1.17. The number of carboxylic acid groups (broad SMARTS) is 1. The lowest BCUT2D eigenvalue weighted by Crippen LogP contribution is -2.16. The number of benzene rings is 1. The predicted molar refractivity (Wildman–Crippen MR) is 56.7 cm³/mol. The summed E-state index contributed by atoms with van der Waals surface area (Å²) in [5, 5.41) is 8.77. The maximum atomic E-state index is 11.9. The molecular weight excluding hydrogens is 267 g/mol. The summed E-state index contributed by atoms with van der Waals surface area (Å²) >= 11 is 0. The molecule has 0 atom stereocenters. The lowest BCUT2D eigenvalue weighted by atomic mass is 10.2. The number of halogens is 3. The quantitative estimate of drug-likeness (QED) is 0.928. The van der Waals surface area contributed by atoms with Crippen LogP contribution in [0.25, 0.3) is 11.1 Å². The molecule has 1 aromatic carbocycles. The average molecular weight is 275 g/mol. The van der Waals surface area contributed by atoms with Crippen LogP contribution in [-0.2, 0) is 11.3 Å². The van der Waals surface area contributed by atoms with Crippen molar-refractivity contribution in [3.8, 4) is 0 Å². The zero-order chi connectivity index (χ0) is 14.0. The molecule has 0 fully saturated rings. The first-order valence-corrected chi connectivity index (χ1v) is 5.12. The number of oxazole rings is 1. The van der Waals surface area contributed by atoms with Gasteiger partial charge in [-0.25, -0.2) is 9.78 Å². The average Bonchev–Trinajstić information content (AvgIpc) is 2.68. The summed E-state index contributed by atoms with van der Waals surface area (Å²) in [7, 11) is 0. The molecule has 8 heteroatoms. The van der Waals surface area contributed by atoms with E-state index in [-0.39, 0.29) is 22.6 Å². The molecule has 1 N–H and O–H groups in total. The van der Waals surface area contributed by atoms with E-state index in [1.165, 1.54) is 18.2 Å². The van der Waals surface area contributed by atoms with Gasteiger partial charge < -0.3 is 14.3 Å². The number of hydrogen-bond donors (Lipinski definition) is 1. The molecule has 1 aromatic heterocycles. The van der Waals surface area contributed by atoms with Gasteiger partial charge in [-0.3, -0.25) is 0 Å². The maximum absolute atomic E-state index is 11.9. The monoisotopic (exact) mass is 275 g/mol. The fraction of sp³-hybridized carbons (Fsp3) is 0.273. The summed E-state index contributed by atoms with van der Waals surface area (Å²) < 4.78 is 45.1. The Kier molecular flexibility index (Phi) is 3.43. The van der Waals surface area contributed by atoms with Crippen LogP contribution in [0.1, 0.15) is 16.2 Å². The summed E-state index contributed by atoms with van der Waals surface area (Å²) in [6, 6.07) is 3.98. The zero-order valence-electron chi connectivity index (χ0n) is 9.40. The Bertz CT molecular complexity index is 605. The predicted octanol–water partition coefficient (Wildman–Crippen LogP) is 2.60. The second kappa shape index (κ2) is 4.88. The van der Waals surface area contributed by atoms with Gasteiger partial charge in [-0.15, -0.1) is 0 Å². The van der Waals surface area contributed by atoms with Crippen molar-refractivity contribution >= 4 is 17.1 Å². The molecule has 0 saturated heterocycles. The van der Waals surface area contributed by atoms with E-state index in [2.05, 4.69) is 9.72 Å². The second-order valence-corrected chi connectivity index (χ2v) is 3.70. The number of ether oxygens (including phenoxy) is 1. The Morgan fingerprint density at radius 1 is 1.42 bits per heavy atom. The topological polar surface area (TPSA) is 72.6 Å². The van der Waals surface area contributed by atoms with Crippen LogP contribution in [0.3, 0.4) is 0 Å². The molecule has 102 valence electrons. The number of hydrogen-bond acceptors (Lipinski definition) is 4. The normalized spacial score (nSPS) is 11.9. The first-order chi connectivity index (χ1) is 8.85. The molecule has 0 aliphatic heterocycles. The van der Waals surface area contributed by atoms with Gasteiger partial charge in [-0.2, -0.15) is 13.2 Å². The number of carbonyl (C=O) groups is 1. The number of alkyl halides is 3. The number of aromatic nitrogens is 1. The van der Waals surface area contributed by atoms with Gasteiger partial charge in [0, 0.05) is 0 Å². The molecule has 1 heterocycles. The highest BCUT2D eigenvalue weighted by molar-refractivity contribution is 5.91. The molecule has 5 nitrogen and oxygen atoms in total. The highest BCUT2D eigenvalue weighted by Crippen LogP contribution is 2.19. The van der Waals surface area contributed by atoms with Crippen molar-refractivity contribution in [2.75, 3.05) is 6.61 Å². The van der Waals surface area contributed by atoms with Gasteiger partial charge in [0.2, 0.25) is 5.89 Å². The molecule has 0 aliphatic rings. The summed E-state index contributed by atoms with van der Waals surface area (Å²) in [6.45, 7) is -1.83. The first kappa shape index (κ1) is 13.3. The molecule has 19 heavy (non-hydrogen) atoms. The Morgan fingerprint density at radius 3 is 2.79 bits per heavy atom. The number of nitrogens with zero attached hydrogens (tertiary/aromatic N) is 1. The van der Waals surface area contributed by atoms with Crippen LogP contribution in [0.2, 0.25) is 0 Å².